The van der Waals surface area contributed by atoms with Gasteiger partial charge in [0.15, 0.2) is 0 Å². The van der Waals surface area contributed by atoms with Gasteiger partial charge in [0.25, 0.3) is 5.89 Å². The van der Waals surface area contributed by atoms with Crippen LogP contribution < -0.4 is 5.73 Å². The maximum atomic E-state index is 5.84. The minimum absolute atomic E-state index is 0.407. The predicted octanol–water partition coefficient (Wildman–Crippen LogP) is 3.03. The average Bonchev–Trinajstić information content (AvgIpc) is 2.96. The second-order valence-electron chi connectivity index (χ2n) is 5.50. The molecule has 0 spiro atoms. The number of rotatable bonds is 11. The first-order valence-electron chi connectivity index (χ1n) is 8.27. The molecule has 0 aliphatic carbocycles. The van der Waals surface area contributed by atoms with E-state index in [0.717, 1.165) is 32.5 Å². The normalized spacial score (nSPS) is 12.9. The van der Waals surface area contributed by atoms with E-state index < -0.39 is 0 Å². The van der Waals surface area contributed by atoms with Gasteiger partial charge in [-0.25, -0.2) is 0 Å². The summed E-state index contributed by atoms with van der Waals surface area (Å²) in [5.74, 6) is 1.04. The Labute approximate surface area is 139 Å². The van der Waals surface area contributed by atoms with Crippen molar-refractivity contribution in [3.63, 3.8) is 0 Å². The lowest BCUT2D eigenvalue weighted by Crippen LogP contribution is -2.26. The molecule has 0 saturated carbocycles. The fraction of sp³-hybridized carbons (Fsp3) is 0.588. The van der Waals surface area contributed by atoms with Crippen LogP contribution in [0.4, 0.5) is 0 Å². The molecular weight excluding hydrogens is 290 g/mol. The molecular formula is C17H29N5O. The molecule has 0 aliphatic heterocycles. The number of nitrogens with two attached hydrogens (primary N) is 1. The van der Waals surface area contributed by atoms with Crippen molar-refractivity contribution in [2.45, 2.75) is 46.5 Å². The molecule has 6 nitrogen and oxygen atoms in total. The lowest BCUT2D eigenvalue weighted by Gasteiger charge is -2.20. The Morgan fingerprint density at radius 2 is 1.96 bits per heavy atom. The standard InChI is InChI=1S/C17H29N5O/c1-5-10-22(11-6-2)12-8-9-16-20-21-17(23-16)15(14(4)18)13-19-7-3/h7,13H,3,5-6,8-12,18H2,1-2,4H3/b15-14-,19-13?. The lowest BCUT2D eigenvalue weighted by atomic mass is 10.2. The highest BCUT2D eigenvalue weighted by molar-refractivity contribution is 6.09. The van der Waals surface area contributed by atoms with Gasteiger partial charge in [-0.1, -0.05) is 20.4 Å². The highest BCUT2D eigenvalue weighted by Crippen LogP contribution is 2.14. The number of aromatic nitrogens is 2. The van der Waals surface area contributed by atoms with Crippen LogP contribution in [0, 0.1) is 0 Å². The van der Waals surface area contributed by atoms with Gasteiger partial charge in [0.1, 0.15) is 0 Å². The molecule has 1 aromatic rings. The SMILES string of the molecule is C=CN=C/C(=C(\C)N)c1nnc(CCCN(CCC)CCC)o1. The molecule has 1 heterocycles. The maximum absolute atomic E-state index is 5.84. The Kier molecular flexibility index (Phi) is 8.90. The van der Waals surface area contributed by atoms with Crippen molar-refractivity contribution in [2.75, 3.05) is 19.6 Å². The van der Waals surface area contributed by atoms with E-state index in [1.54, 1.807) is 13.1 Å². The molecule has 0 aliphatic rings. The largest absolute Gasteiger partial charge is 0.421 e. The van der Waals surface area contributed by atoms with E-state index in [1.165, 1.54) is 19.0 Å². The molecule has 0 fully saturated rings. The van der Waals surface area contributed by atoms with Gasteiger partial charge in [-0.3, -0.25) is 4.99 Å². The van der Waals surface area contributed by atoms with E-state index in [2.05, 4.69) is 40.5 Å². The summed E-state index contributed by atoms with van der Waals surface area (Å²) in [6, 6.07) is 0. The number of aryl methyl sites for hydroxylation is 1. The molecule has 0 aromatic carbocycles. The smallest absolute Gasteiger partial charge is 0.251 e. The van der Waals surface area contributed by atoms with E-state index in [1.807, 2.05) is 0 Å². The monoisotopic (exact) mass is 319 g/mol. The Morgan fingerprint density at radius 3 is 2.52 bits per heavy atom. The Hall–Kier alpha value is -1.95. The summed E-state index contributed by atoms with van der Waals surface area (Å²) in [6.07, 6.45) is 7.16. The molecule has 2 N–H and O–H groups in total. The van der Waals surface area contributed by atoms with Gasteiger partial charge in [0.2, 0.25) is 5.89 Å². The molecule has 0 radical (unpaired) electrons. The van der Waals surface area contributed by atoms with E-state index >= 15 is 0 Å². The number of hydrogen-bond donors (Lipinski definition) is 1. The molecule has 0 bridgehead atoms. The summed E-state index contributed by atoms with van der Waals surface area (Å²) in [5.41, 5.74) is 7.07. The first kappa shape index (κ1) is 19.1. The summed E-state index contributed by atoms with van der Waals surface area (Å²) in [6.45, 7) is 13.1. The molecule has 6 heteroatoms. The van der Waals surface area contributed by atoms with Gasteiger partial charge in [-0.15, -0.1) is 10.2 Å². The third kappa shape index (κ3) is 6.78. The third-order valence-corrected chi connectivity index (χ3v) is 3.38. The van der Waals surface area contributed by atoms with Gasteiger partial charge in [-0.05, 0) is 45.8 Å². The Balaban J connectivity index is 2.61. The van der Waals surface area contributed by atoms with Crippen LogP contribution in [0.3, 0.4) is 0 Å². The molecule has 0 amide bonds. The first-order chi connectivity index (χ1) is 11.1. The lowest BCUT2D eigenvalue weighted by molar-refractivity contribution is 0.268. The number of aliphatic imine (C=N–C) groups is 1. The predicted molar refractivity (Wildman–Crippen MR) is 95.1 cm³/mol. The molecule has 0 saturated heterocycles. The fourth-order valence-electron chi connectivity index (χ4n) is 2.34. The van der Waals surface area contributed by atoms with Gasteiger partial charge in [-0.2, -0.15) is 0 Å². The van der Waals surface area contributed by atoms with Crippen molar-refractivity contribution in [2.24, 2.45) is 10.7 Å². The van der Waals surface area contributed by atoms with Gasteiger partial charge >= 0.3 is 0 Å². The average molecular weight is 319 g/mol. The van der Waals surface area contributed by atoms with Crippen molar-refractivity contribution in [3.05, 3.63) is 30.3 Å². The van der Waals surface area contributed by atoms with Crippen LogP contribution >= 0.6 is 0 Å². The molecule has 0 atom stereocenters. The first-order valence-corrected chi connectivity index (χ1v) is 8.27. The topological polar surface area (TPSA) is 80.5 Å². The second kappa shape index (κ2) is 10.7. The Bertz CT molecular complexity index is 523. The quantitative estimate of drug-likeness (QED) is 0.634. The van der Waals surface area contributed by atoms with Crippen LogP contribution in [0.1, 0.15) is 51.8 Å². The summed E-state index contributed by atoms with van der Waals surface area (Å²) in [4.78, 5) is 6.45. The van der Waals surface area contributed by atoms with Gasteiger partial charge in [0.05, 0.1) is 5.57 Å². The second-order valence-corrected chi connectivity index (χ2v) is 5.50. The van der Waals surface area contributed by atoms with Crippen molar-refractivity contribution in [1.82, 2.24) is 15.1 Å². The van der Waals surface area contributed by atoms with Crippen molar-refractivity contribution in [1.29, 1.82) is 0 Å². The number of hydrogen-bond acceptors (Lipinski definition) is 6. The Morgan fingerprint density at radius 1 is 1.26 bits per heavy atom. The minimum Gasteiger partial charge on any atom is -0.421 e. The third-order valence-electron chi connectivity index (χ3n) is 3.38. The van der Waals surface area contributed by atoms with E-state index in [-0.39, 0.29) is 0 Å². The van der Waals surface area contributed by atoms with Crippen LogP contribution in [-0.4, -0.2) is 40.9 Å². The maximum Gasteiger partial charge on any atom is 0.251 e. The summed E-state index contributed by atoms with van der Waals surface area (Å²) >= 11 is 0. The van der Waals surface area contributed by atoms with Gasteiger partial charge < -0.3 is 15.1 Å². The molecule has 1 rings (SSSR count). The highest BCUT2D eigenvalue weighted by atomic mass is 16.4. The molecule has 128 valence electrons. The van der Waals surface area contributed by atoms with Crippen molar-refractivity contribution < 1.29 is 4.42 Å². The molecule has 1 aromatic heterocycles. The summed E-state index contributed by atoms with van der Waals surface area (Å²) < 4.78 is 5.70. The van der Waals surface area contributed by atoms with E-state index in [9.17, 15) is 0 Å². The van der Waals surface area contributed by atoms with Crippen molar-refractivity contribution >= 4 is 11.8 Å². The minimum atomic E-state index is 0.407. The van der Waals surface area contributed by atoms with Crippen LogP contribution in [0.15, 0.2) is 27.9 Å². The molecule has 23 heavy (non-hydrogen) atoms. The summed E-state index contributed by atoms with van der Waals surface area (Å²) in [7, 11) is 0. The van der Waals surface area contributed by atoms with Crippen LogP contribution in [-0.2, 0) is 6.42 Å². The van der Waals surface area contributed by atoms with Crippen LogP contribution in [0.5, 0.6) is 0 Å². The number of nitrogens with zero attached hydrogens (tertiary/aromatic N) is 4. The number of allylic oxidation sites excluding steroid dienone is 2. The zero-order valence-corrected chi connectivity index (χ0v) is 14.6. The van der Waals surface area contributed by atoms with E-state index in [0.29, 0.717) is 23.1 Å². The fourth-order valence-corrected chi connectivity index (χ4v) is 2.34. The van der Waals surface area contributed by atoms with Crippen LogP contribution in [0.2, 0.25) is 0 Å². The highest BCUT2D eigenvalue weighted by Gasteiger charge is 2.12. The zero-order chi connectivity index (χ0) is 17.1. The van der Waals surface area contributed by atoms with Crippen LogP contribution in [0.25, 0.3) is 5.57 Å². The zero-order valence-electron chi connectivity index (χ0n) is 14.6. The summed E-state index contributed by atoms with van der Waals surface area (Å²) in [5, 5.41) is 8.17. The van der Waals surface area contributed by atoms with Crippen molar-refractivity contribution in [3.8, 4) is 0 Å². The van der Waals surface area contributed by atoms with Gasteiger partial charge in [0, 0.05) is 24.5 Å². The van der Waals surface area contributed by atoms with E-state index in [4.69, 9.17) is 10.2 Å². The molecule has 0 unspecified atom stereocenters.